The van der Waals surface area contributed by atoms with E-state index in [0.717, 1.165) is 6.42 Å². The molecule has 66 valence electrons. The van der Waals surface area contributed by atoms with Gasteiger partial charge in [-0.05, 0) is 27.2 Å². The van der Waals surface area contributed by atoms with Crippen molar-refractivity contribution < 1.29 is 9.53 Å². The minimum Gasteiger partial charge on any atom is -0.456 e. The van der Waals surface area contributed by atoms with Crippen molar-refractivity contribution in [3.63, 3.8) is 0 Å². The highest BCUT2D eigenvalue weighted by atomic mass is 16.6. The lowest BCUT2D eigenvalue weighted by Crippen LogP contribution is -2.24. The van der Waals surface area contributed by atoms with Gasteiger partial charge in [-0.25, -0.2) is 4.79 Å². The zero-order valence-corrected chi connectivity index (χ0v) is 7.76. The lowest BCUT2D eigenvalue weighted by molar-refractivity contribution is -0.149. The molecule has 0 spiro atoms. The zero-order valence-electron chi connectivity index (χ0n) is 7.76. The first-order valence-electron chi connectivity index (χ1n) is 4.09. The second-order valence-corrected chi connectivity index (χ2v) is 3.80. The molecule has 1 aliphatic carbocycles. The second-order valence-electron chi connectivity index (χ2n) is 3.80. The summed E-state index contributed by atoms with van der Waals surface area (Å²) in [7, 11) is 0. The van der Waals surface area contributed by atoms with Crippen LogP contribution in [0.15, 0.2) is 23.8 Å². The maximum Gasteiger partial charge on any atom is 0.338 e. The SMILES string of the molecule is CC(C)(C)OC(=O)C1=CCC=C1. The molecule has 0 atom stereocenters. The van der Waals surface area contributed by atoms with Crippen LogP contribution in [0.2, 0.25) is 0 Å². The largest absolute Gasteiger partial charge is 0.456 e. The summed E-state index contributed by atoms with van der Waals surface area (Å²) < 4.78 is 5.16. The van der Waals surface area contributed by atoms with Crippen molar-refractivity contribution in [1.29, 1.82) is 0 Å². The molecule has 0 N–H and O–H groups in total. The Labute approximate surface area is 72.9 Å². The van der Waals surface area contributed by atoms with Gasteiger partial charge < -0.3 is 4.74 Å². The predicted octanol–water partition coefficient (Wildman–Crippen LogP) is 2.21. The first kappa shape index (κ1) is 9.04. The Morgan fingerprint density at radius 2 is 2.17 bits per heavy atom. The fourth-order valence-corrected chi connectivity index (χ4v) is 0.946. The minimum absolute atomic E-state index is 0.226. The Morgan fingerprint density at radius 3 is 2.58 bits per heavy atom. The summed E-state index contributed by atoms with van der Waals surface area (Å²) in [6.07, 6.45) is 6.45. The summed E-state index contributed by atoms with van der Waals surface area (Å²) >= 11 is 0. The molecule has 1 rings (SSSR count). The molecule has 0 saturated carbocycles. The molecule has 12 heavy (non-hydrogen) atoms. The van der Waals surface area contributed by atoms with Crippen molar-refractivity contribution in [3.05, 3.63) is 23.8 Å². The highest BCUT2D eigenvalue weighted by Crippen LogP contribution is 2.15. The highest BCUT2D eigenvalue weighted by molar-refractivity contribution is 5.92. The second kappa shape index (κ2) is 3.13. The van der Waals surface area contributed by atoms with Crippen molar-refractivity contribution in [3.8, 4) is 0 Å². The van der Waals surface area contributed by atoms with Gasteiger partial charge in [-0.2, -0.15) is 0 Å². The van der Waals surface area contributed by atoms with Gasteiger partial charge in [-0.15, -0.1) is 0 Å². The maximum atomic E-state index is 11.3. The lowest BCUT2D eigenvalue weighted by Gasteiger charge is -2.19. The standard InChI is InChI=1S/C10H14O2/c1-10(2,3)12-9(11)8-6-4-5-7-8/h4,6-7H,5H2,1-3H3. The Balaban J connectivity index is 2.55. The fraction of sp³-hybridized carbons (Fsp3) is 0.500. The third-order valence-corrected chi connectivity index (χ3v) is 1.41. The van der Waals surface area contributed by atoms with Gasteiger partial charge in [0.2, 0.25) is 0 Å². The Hall–Kier alpha value is -1.05. The molecular weight excluding hydrogens is 152 g/mol. The van der Waals surface area contributed by atoms with Crippen LogP contribution in [0.5, 0.6) is 0 Å². The van der Waals surface area contributed by atoms with E-state index in [1.54, 1.807) is 6.08 Å². The number of hydrogen-bond acceptors (Lipinski definition) is 2. The van der Waals surface area contributed by atoms with Crippen molar-refractivity contribution in [2.45, 2.75) is 32.8 Å². The van der Waals surface area contributed by atoms with Crippen LogP contribution in [0.3, 0.4) is 0 Å². The van der Waals surface area contributed by atoms with E-state index in [1.165, 1.54) is 0 Å². The quantitative estimate of drug-likeness (QED) is 0.558. The van der Waals surface area contributed by atoms with Gasteiger partial charge in [0, 0.05) is 0 Å². The molecule has 1 aliphatic rings. The van der Waals surface area contributed by atoms with Gasteiger partial charge in [0.05, 0.1) is 5.57 Å². The van der Waals surface area contributed by atoms with E-state index in [0.29, 0.717) is 5.57 Å². The lowest BCUT2D eigenvalue weighted by atomic mass is 10.2. The number of ether oxygens (including phenoxy) is 1. The fourth-order valence-electron chi connectivity index (χ4n) is 0.946. The normalized spacial score (nSPS) is 16.1. The molecule has 2 heteroatoms. The van der Waals surface area contributed by atoms with Gasteiger partial charge in [0.1, 0.15) is 5.60 Å². The van der Waals surface area contributed by atoms with Gasteiger partial charge in [0.15, 0.2) is 0 Å². The van der Waals surface area contributed by atoms with Gasteiger partial charge in [-0.3, -0.25) is 0 Å². The van der Waals surface area contributed by atoms with Crippen LogP contribution >= 0.6 is 0 Å². The Morgan fingerprint density at radius 1 is 1.50 bits per heavy atom. The molecular formula is C10H14O2. The summed E-state index contributed by atoms with van der Waals surface area (Å²) in [6.45, 7) is 5.60. The smallest absolute Gasteiger partial charge is 0.338 e. The third-order valence-electron chi connectivity index (χ3n) is 1.41. The van der Waals surface area contributed by atoms with E-state index >= 15 is 0 Å². The molecule has 0 heterocycles. The van der Waals surface area contributed by atoms with Crippen LogP contribution in [0.25, 0.3) is 0 Å². The third kappa shape index (κ3) is 2.53. The van der Waals surface area contributed by atoms with Gasteiger partial charge >= 0.3 is 5.97 Å². The number of allylic oxidation sites excluding steroid dienone is 2. The molecule has 0 aliphatic heterocycles. The first-order valence-corrected chi connectivity index (χ1v) is 4.09. The van der Waals surface area contributed by atoms with Crippen molar-refractivity contribution >= 4 is 5.97 Å². The molecule has 0 unspecified atom stereocenters. The molecule has 0 aromatic rings. The molecule has 0 radical (unpaired) electrons. The van der Waals surface area contributed by atoms with E-state index in [4.69, 9.17) is 4.74 Å². The number of esters is 1. The number of hydrogen-bond donors (Lipinski definition) is 0. The van der Waals surface area contributed by atoms with Crippen LogP contribution in [0, 0.1) is 0 Å². The molecule has 0 aromatic heterocycles. The topological polar surface area (TPSA) is 26.3 Å². The summed E-state index contributed by atoms with van der Waals surface area (Å²) in [5.74, 6) is -0.226. The van der Waals surface area contributed by atoms with Crippen LogP contribution in [0.1, 0.15) is 27.2 Å². The molecule has 2 nitrogen and oxygen atoms in total. The van der Waals surface area contributed by atoms with E-state index < -0.39 is 5.60 Å². The average Bonchev–Trinajstić information content (AvgIpc) is 2.32. The van der Waals surface area contributed by atoms with E-state index in [2.05, 4.69) is 0 Å². The van der Waals surface area contributed by atoms with Crippen molar-refractivity contribution in [1.82, 2.24) is 0 Å². The Kier molecular flexibility index (Phi) is 2.36. The van der Waals surface area contributed by atoms with E-state index in [-0.39, 0.29) is 5.97 Å². The van der Waals surface area contributed by atoms with Crippen molar-refractivity contribution in [2.75, 3.05) is 0 Å². The van der Waals surface area contributed by atoms with Gasteiger partial charge in [-0.1, -0.05) is 18.2 Å². The van der Waals surface area contributed by atoms with Crippen LogP contribution in [0.4, 0.5) is 0 Å². The summed E-state index contributed by atoms with van der Waals surface area (Å²) in [5, 5.41) is 0. The summed E-state index contributed by atoms with van der Waals surface area (Å²) in [5.41, 5.74) is 0.277. The average molecular weight is 166 g/mol. The van der Waals surface area contributed by atoms with E-state index in [1.807, 2.05) is 32.9 Å². The molecule has 0 amide bonds. The predicted molar refractivity (Wildman–Crippen MR) is 47.7 cm³/mol. The molecule has 0 fully saturated rings. The van der Waals surface area contributed by atoms with E-state index in [9.17, 15) is 4.79 Å². The first-order chi connectivity index (χ1) is 5.49. The maximum absolute atomic E-state index is 11.3. The number of rotatable bonds is 1. The van der Waals surface area contributed by atoms with Crippen LogP contribution in [-0.2, 0) is 9.53 Å². The minimum atomic E-state index is -0.394. The molecule has 0 aromatic carbocycles. The summed E-state index contributed by atoms with van der Waals surface area (Å²) in [4.78, 5) is 11.3. The van der Waals surface area contributed by atoms with Crippen molar-refractivity contribution in [2.24, 2.45) is 0 Å². The highest BCUT2D eigenvalue weighted by Gasteiger charge is 2.18. The van der Waals surface area contributed by atoms with Crippen LogP contribution in [-0.4, -0.2) is 11.6 Å². The van der Waals surface area contributed by atoms with Gasteiger partial charge in [0.25, 0.3) is 0 Å². The number of carbonyl (C=O) groups excluding carboxylic acids is 1. The monoisotopic (exact) mass is 166 g/mol. The summed E-state index contributed by atoms with van der Waals surface area (Å²) in [6, 6.07) is 0. The van der Waals surface area contributed by atoms with Crippen LogP contribution < -0.4 is 0 Å². The number of carbonyl (C=O) groups is 1. The zero-order chi connectivity index (χ0) is 9.19. The Bertz CT molecular complexity index is 241. The molecule has 0 bridgehead atoms. The molecule has 0 saturated heterocycles.